The van der Waals surface area contributed by atoms with Crippen LogP contribution in [-0.4, -0.2) is 23.8 Å². The van der Waals surface area contributed by atoms with Crippen LogP contribution < -0.4 is 0 Å². The lowest BCUT2D eigenvalue weighted by Crippen LogP contribution is -2.31. The van der Waals surface area contributed by atoms with Gasteiger partial charge in [0.25, 0.3) is 0 Å². The van der Waals surface area contributed by atoms with Gasteiger partial charge in [-0.05, 0) is 19.3 Å². The largest absolute Gasteiger partial charge is 0.361 e. The summed E-state index contributed by atoms with van der Waals surface area (Å²) in [5.41, 5.74) is 0. The molecule has 0 aromatic rings. The zero-order chi connectivity index (χ0) is 9.40. The van der Waals surface area contributed by atoms with Crippen LogP contribution in [0.3, 0.4) is 0 Å². The smallest absolute Gasteiger partial charge is 0.0957 e. The molecule has 0 spiro atoms. The SMILES string of the molecule is CCCC(=N)N(CCC)CCC. The first-order valence-corrected chi connectivity index (χ1v) is 5.08. The Morgan fingerprint density at radius 3 is 1.83 bits per heavy atom. The van der Waals surface area contributed by atoms with Gasteiger partial charge in [0.05, 0.1) is 5.84 Å². The first-order chi connectivity index (χ1) is 5.76. The average Bonchev–Trinajstić information content (AvgIpc) is 2.04. The molecule has 0 bridgehead atoms. The maximum Gasteiger partial charge on any atom is 0.0957 e. The van der Waals surface area contributed by atoms with Crippen LogP contribution in [0.4, 0.5) is 0 Å². The monoisotopic (exact) mass is 170 g/mol. The first kappa shape index (κ1) is 11.5. The molecule has 0 aromatic carbocycles. The number of hydrogen-bond donors (Lipinski definition) is 1. The summed E-state index contributed by atoms with van der Waals surface area (Å²) >= 11 is 0. The Balaban J connectivity index is 3.81. The van der Waals surface area contributed by atoms with Gasteiger partial charge in [-0.3, -0.25) is 5.41 Å². The third-order valence-corrected chi connectivity index (χ3v) is 1.86. The molecule has 0 aliphatic heterocycles. The molecule has 0 heterocycles. The molecule has 2 nitrogen and oxygen atoms in total. The number of nitrogens with zero attached hydrogens (tertiary/aromatic N) is 1. The van der Waals surface area contributed by atoms with E-state index < -0.39 is 0 Å². The number of hydrogen-bond acceptors (Lipinski definition) is 1. The fraction of sp³-hybridized carbons (Fsp3) is 0.900. The molecular weight excluding hydrogens is 148 g/mol. The van der Waals surface area contributed by atoms with E-state index in [1.165, 1.54) is 0 Å². The molecule has 0 aromatic heterocycles. The molecule has 12 heavy (non-hydrogen) atoms. The van der Waals surface area contributed by atoms with E-state index in [1.54, 1.807) is 0 Å². The van der Waals surface area contributed by atoms with Gasteiger partial charge in [-0.15, -0.1) is 0 Å². The first-order valence-electron chi connectivity index (χ1n) is 5.08. The van der Waals surface area contributed by atoms with Gasteiger partial charge in [0.1, 0.15) is 0 Å². The second-order valence-corrected chi connectivity index (χ2v) is 3.18. The summed E-state index contributed by atoms with van der Waals surface area (Å²) in [5, 5.41) is 7.78. The molecule has 0 amide bonds. The zero-order valence-electron chi connectivity index (χ0n) is 8.69. The van der Waals surface area contributed by atoms with Gasteiger partial charge in [0.2, 0.25) is 0 Å². The minimum atomic E-state index is 0.821. The van der Waals surface area contributed by atoms with E-state index >= 15 is 0 Å². The lowest BCUT2D eigenvalue weighted by atomic mass is 10.2. The topological polar surface area (TPSA) is 27.1 Å². The lowest BCUT2D eigenvalue weighted by molar-refractivity contribution is 0.405. The van der Waals surface area contributed by atoms with Crippen molar-refractivity contribution in [2.45, 2.75) is 46.5 Å². The van der Waals surface area contributed by atoms with Crippen molar-refractivity contribution in [3.63, 3.8) is 0 Å². The van der Waals surface area contributed by atoms with E-state index in [-0.39, 0.29) is 0 Å². The minimum Gasteiger partial charge on any atom is -0.361 e. The van der Waals surface area contributed by atoms with Crippen LogP contribution in [0, 0.1) is 5.41 Å². The summed E-state index contributed by atoms with van der Waals surface area (Å²) in [6.07, 6.45) is 4.31. The highest BCUT2D eigenvalue weighted by atomic mass is 15.2. The summed E-state index contributed by atoms with van der Waals surface area (Å²) in [6, 6.07) is 0. The number of amidine groups is 1. The lowest BCUT2D eigenvalue weighted by Gasteiger charge is -2.23. The quantitative estimate of drug-likeness (QED) is 0.481. The van der Waals surface area contributed by atoms with Crippen LogP contribution in [-0.2, 0) is 0 Å². The molecule has 0 aliphatic rings. The van der Waals surface area contributed by atoms with Crippen molar-refractivity contribution in [1.82, 2.24) is 4.90 Å². The Morgan fingerprint density at radius 2 is 1.50 bits per heavy atom. The number of nitrogens with one attached hydrogen (secondary N) is 1. The average molecular weight is 170 g/mol. The normalized spacial score (nSPS) is 9.92. The molecule has 0 saturated heterocycles. The van der Waals surface area contributed by atoms with Crippen LogP contribution in [0.1, 0.15) is 46.5 Å². The van der Waals surface area contributed by atoms with E-state index in [2.05, 4.69) is 25.7 Å². The molecule has 0 saturated carbocycles. The highest BCUT2D eigenvalue weighted by molar-refractivity contribution is 5.78. The Labute approximate surface area is 76.5 Å². The van der Waals surface area contributed by atoms with Gasteiger partial charge >= 0.3 is 0 Å². The molecule has 0 atom stereocenters. The third-order valence-electron chi connectivity index (χ3n) is 1.86. The predicted octanol–water partition coefficient (Wildman–Crippen LogP) is 2.89. The highest BCUT2D eigenvalue weighted by Gasteiger charge is 2.05. The molecule has 0 fully saturated rings. The van der Waals surface area contributed by atoms with Crippen LogP contribution in [0.25, 0.3) is 0 Å². The van der Waals surface area contributed by atoms with Crippen molar-refractivity contribution < 1.29 is 0 Å². The van der Waals surface area contributed by atoms with Crippen LogP contribution >= 0.6 is 0 Å². The van der Waals surface area contributed by atoms with Gasteiger partial charge in [0, 0.05) is 19.5 Å². The molecule has 0 rings (SSSR count). The van der Waals surface area contributed by atoms with Gasteiger partial charge in [-0.2, -0.15) is 0 Å². The summed E-state index contributed by atoms with van der Waals surface area (Å²) in [6.45, 7) is 8.56. The maximum atomic E-state index is 7.78. The van der Waals surface area contributed by atoms with E-state index in [4.69, 9.17) is 5.41 Å². The summed E-state index contributed by atoms with van der Waals surface area (Å²) in [4.78, 5) is 2.20. The molecule has 0 unspecified atom stereocenters. The van der Waals surface area contributed by atoms with E-state index in [0.29, 0.717) is 0 Å². The Bertz CT molecular complexity index is 115. The van der Waals surface area contributed by atoms with E-state index in [0.717, 1.165) is 44.6 Å². The second-order valence-electron chi connectivity index (χ2n) is 3.18. The van der Waals surface area contributed by atoms with Gasteiger partial charge in [0.15, 0.2) is 0 Å². The summed E-state index contributed by atoms with van der Waals surface area (Å²) < 4.78 is 0. The van der Waals surface area contributed by atoms with E-state index in [1.807, 2.05) is 0 Å². The molecule has 1 N–H and O–H groups in total. The van der Waals surface area contributed by atoms with Crippen molar-refractivity contribution in [1.29, 1.82) is 5.41 Å². The third kappa shape index (κ3) is 4.37. The Hall–Kier alpha value is -0.530. The second kappa shape index (κ2) is 7.14. The summed E-state index contributed by atoms with van der Waals surface area (Å²) in [5.74, 6) is 0.821. The molecule has 0 aliphatic carbocycles. The molecule has 0 radical (unpaired) electrons. The van der Waals surface area contributed by atoms with Crippen molar-refractivity contribution in [3.8, 4) is 0 Å². The fourth-order valence-corrected chi connectivity index (χ4v) is 1.32. The highest BCUT2D eigenvalue weighted by Crippen LogP contribution is 2.00. The Morgan fingerprint density at radius 1 is 1.00 bits per heavy atom. The van der Waals surface area contributed by atoms with Crippen LogP contribution in [0.2, 0.25) is 0 Å². The van der Waals surface area contributed by atoms with Crippen LogP contribution in [0.5, 0.6) is 0 Å². The predicted molar refractivity (Wildman–Crippen MR) is 54.8 cm³/mol. The Kier molecular flexibility index (Phi) is 6.82. The van der Waals surface area contributed by atoms with Crippen molar-refractivity contribution >= 4 is 5.84 Å². The van der Waals surface area contributed by atoms with Crippen molar-refractivity contribution in [2.24, 2.45) is 0 Å². The van der Waals surface area contributed by atoms with Gasteiger partial charge < -0.3 is 4.90 Å². The van der Waals surface area contributed by atoms with Crippen molar-refractivity contribution in [3.05, 3.63) is 0 Å². The molecule has 72 valence electrons. The standard InChI is InChI=1S/C10H22N2/c1-4-7-10(11)12(8-5-2)9-6-3/h11H,4-9H2,1-3H3. The number of rotatable bonds is 6. The van der Waals surface area contributed by atoms with Gasteiger partial charge in [-0.25, -0.2) is 0 Å². The van der Waals surface area contributed by atoms with Crippen molar-refractivity contribution in [2.75, 3.05) is 13.1 Å². The minimum absolute atomic E-state index is 0.821. The fourth-order valence-electron chi connectivity index (χ4n) is 1.32. The van der Waals surface area contributed by atoms with Crippen LogP contribution in [0.15, 0.2) is 0 Å². The molecule has 2 heteroatoms. The maximum absolute atomic E-state index is 7.78. The molecular formula is C10H22N2. The summed E-state index contributed by atoms with van der Waals surface area (Å²) in [7, 11) is 0. The zero-order valence-corrected chi connectivity index (χ0v) is 8.69. The van der Waals surface area contributed by atoms with E-state index in [9.17, 15) is 0 Å². The van der Waals surface area contributed by atoms with Gasteiger partial charge in [-0.1, -0.05) is 20.8 Å².